The minimum atomic E-state index is 0.757. The van der Waals surface area contributed by atoms with Gasteiger partial charge in [0.15, 0.2) is 5.82 Å². The summed E-state index contributed by atoms with van der Waals surface area (Å²) in [6.07, 6.45) is 0. The average molecular weight is 354 g/mol. The third-order valence-electron chi connectivity index (χ3n) is 4.97. The first kappa shape index (κ1) is 17.2. The van der Waals surface area contributed by atoms with E-state index in [2.05, 4.69) is 78.7 Å². The molecule has 0 radical (unpaired) electrons. The molecule has 27 heavy (non-hydrogen) atoms. The van der Waals surface area contributed by atoms with Gasteiger partial charge >= 0.3 is 0 Å². The SMILES string of the molecule is Cc1ccc(-c2nc3cccc(C)n3c2N=Nc2cccc(C)c2C)cc1. The Morgan fingerprint density at radius 1 is 0.778 bits per heavy atom. The molecule has 0 amide bonds. The monoisotopic (exact) mass is 354 g/mol. The molecule has 0 fully saturated rings. The third kappa shape index (κ3) is 3.14. The number of fused-ring (bicyclic) bond motifs is 1. The van der Waals surface area contributed by atoms with E-state index >= 15 is 0 Å². The number of aryl methyl sites for hydroxylation is 3. The van der Waals surface area contributed by atoms with E-state index in [9.17, 15) is 0 Å². The molecule has 0 unspecified atom stereocenters. The highest BCUT2D eigenvalue weighted by molar-refractivity contribution is 5.75. The van der Waals surface area contributed by atoms with E-state index in [1.165, 1.54) is 11.1 Å². The predicted octanol–water partition coefficient (Wildman–Crippen LogP) is 6.65. The summed E-state index contributed by atoms with van der Waals surface area (Å²) in [6.45, 7) is 8.30. The van der Waals surface area contributed by atoms with Crippen LogP contribution in [0.4, 0.5) is 11.5 Å². The molecule has 2 aromatic heterocycles. The Labute approximate surface area is 159 Å². The second-order valence-corrected chi connectivity index (χ2v) is 6.93. The first-order valence-electron chi connectivity index (χ1n) is 9.07. The summed E-state index contributed by atoms with van der Waals surface area (Å²) in [5.74, 6) is 0.757. The van der Waals surface area contributed by atoms with Gasteiger partial charge < -0.3 is 0 Å². The fourth-order valence-corrected chi connectivity index (χ4v) is 3.18. The Kier molecular flexibility index (Phi) is 4.32. The zero-order valence-electron chi connectivity index (χ0n) is 16.1. The lowest BCUT2D eigenvalue weighted by Crippen LogP contribution is -1.89. The highest BCUT2D eigenvalue weighted by Gasteiger charge is 2.15. The summed E-state index contributed by atoms with van der Waals surface area (Å²) in [4.78, 5) is 4.83. The van der Waals surface area contributed by atoms with Crippen LogP contribution in [-0.4, -0.2) is 9.38 Å². The minimum absolute atomic E-state index is 0.757. The quantitative estimate of drug-likeness (QED) is 0.380. The average Bonchev–Trinajstić information content (AvgIpc) is 3.03. The van der Waals surface area contributed by atoms with Crippen LogP contribution >= 0.6 is 0 Å². The molecule has 0 saturated carbocycles. The summed E-state index contributed by atoms with van der Waals surface area (Å²) < 4.78 is 2.06. The molecule has 4 aromatic rings. The van der Waals surface area contributed by atoms with Crippen molar-refractivity contribution in [2.45, 2.75) is 27.7 Å². The van der Waals surface area contributed by atoms with Crippen LogP contribution in [0.15, 0.2) is 70.9 Å². The zero-order valence-corrected chi connectivity index (χ0v) is 16.1. The highest BCUT2D eigenvalue weighted by atomic mass is 15.2. The Bertz CT molecular complexity index is 1150. The topological polar surface area (TPSA) is 42.0 Å². The van der Waals surface area contributed by atoms with Crippen molar-refractivity contribution in [3.63, 3.8) is 0 Å². The van der Waals surface area contributed by atoms with Crippen molar-refractivity contribution in [2.75, 3.05) is 0 Å². The van der Waals surface area contributed by atoms with E-state index in [0.717, 1.165) is 39.7 Å². The molecule has 134 valence electrons. The molecule has 0 aliphatic carbocycles. The molecular formula is C23H22N4. The van der Waals surface area contributed by atoms with Crippen LogP contribution in [0.5, 0.6) is 0 Å². The van der Waals surface area contributed by atoms with Crippen molar-refractivity contribution in [1.29, 1.82) is 0 Å². The summed E-state index contributed by atoms with van der Waals surface area (Å²) in [6, 6.07) is 20.5. The number of azo groups is 1. The molecular weight excluding hydrogens is 332 g/mol. The number of hydrogen-bond donors (Lipinski definition) is 0. The van der Waals surface area contributed by atoms with Crippen molar-refractivity contribution < 1.29 is 0 Å². The molecule has 0 N–H and O–H groups in total. The van der Waals surface area contributed by atoms with Gasteiger partial charge in [-0.15, -0.1) is 10.2 Å². The molecule has 0 spiro atoms. The lowest BCUT2D eigenvalue weighted by atomic mass is 10.1. The van der Waals surface area contributed by atoms with Gasteiger partial charge in [-0.1, -0.05) is 48.0 Å². The molecule has 0 aliphatic rings. The van der Waals surface area contributed by atoms with Crippen LogP contribution in [0.1, 0.15) is 22.4 Å². The Balaban J connectivity index is 1.92. The van der Waals surface area contributed by atoms with E-state index in [1.54, 1.807) is 0 Å². The first-order valence-corrected chi connectivity index (χ1v) is 9.07. The van der Waals surface area contributed by atoms with Crippen LogP contribution in [0.2, 0.25) is 0 Å². The van der Waals surface area contributed by atoms with Gasteiger partial charge in [-0.25, -0.2) is 4.98 Å². The highest BCUT2D eigenvalue weighted by Crippen LogP contribution is 2.34. The standard InChI is InChI=1S/C23H22N4/c1-15-11-13-19(14-12-15)22-23(27-17(3)8-6-10-21(27)24-22)26-25-20-9-5-7-16(2)18(20)4/h5-14H,1-4H3. The molecule has 0 saturated heterocycles. The van der Waals surface area contributed by atoms with Gasteiger partial charge in [0.2, 0.25) is 0 Å². The minimum Gasteiger partial charge on any atom is -0.280 e. The van der Waals surface area contributed by atoms with E-state index in [0.29, 0.717) is 0 Å². The lowest BCUT2D eigenvalue weighted by molar-refractivity contribution is 1.05. The number of hydrogen-bond acceptors (Lipinski definition) is 3. The Morgan fingerprint density at radius 2 is 1.52 bits per heavy atom. The summed E-state index contributed by atoms with van der Waals surface area (Å²) >= 11 is 0. The second-order valence-electron chi connectivity index (χ2n) is 6.93. The molecule has 0 aliphatic heterocycles. The molecule has 4 heteroatoms. The second kappa shape index (κ2) is 6.80. The number of benzene rings is 2. The van der Waals surface area contributed by atoms with Gasteiger partial charge in [0.05, 0.1) is 5.69 Å². The summed E-state index contributed by atoms with van der Waals surface area (Å²) in [7, 11) is 0. The van der Waals surface area contributed by atoms with Gasteiger partial charge in [0.25, 0.3) is 0 Å². The predicted molar refractivity (Wildman–Crippen MR) is 110 cm³/mol. The van der Waals surface area contributed by atoms with Crippen LogP contribution < -0.4 is 0 Å². The molecule has 0 atom stereocenters. The Morgan fingerprint density at radius 3 is 2.30 bits per heavy atom. The number of pyridine rings is 1. The van der Waals surface area contributed by atoms with E-state index in [4.69, 9.17) is 4.98 Å². The van der Waals surface area contributed by atoms with Crippen molar-refractivity contribution in [2.24, 2.45) is 10.2 Å². The maximum atomic E-state index is 4.83. The summed E-state index contributed by atoms with van der Waals surface area (Å²) in [5, 5.41) is 9.22. The van der Waals surface area contributed by atoms with Crippen LogP contribution in [-0.2, 0) is 0 Å². The molecule has 2 heterocycles. The van der Waals surface area contributed by atoms with E-state index in [1.807, 2.05) is 24.3 Å². The van der Waals surface area contributed by atoms with Gasteiger partial charge in [-0.2, -0.15) is 0 Å². The number of rotatable bonds is 3. The van der Waals surface area contributed by atoms with Crippen LogP contribution in [0.25, 0.3) is 16.9 Å². The Hall–Kier alpha value is -3.27. The first-order chi connectivity index (χ1) is 13.0. The van der Waals surface area contributed by atoms with E-state index in [-0.39, 0.29) is 0 Å². The van der Waals surface area contributed by atoms with E-state index < -0.39 is 0 Å². The third-order valence-corrected chi connectivity index (χ3v) is 4.97. The summed E-state index contributed by atoms with van der Waals surface area (Å²) in [5.41, 5.74) is 8.29. The largest absolute Gasteiger partial charge is 0.280 e. The van der Waals surface area contributed by atoms with Gasteiger partial charge in [-0.3, -0.25) is 4.40 Å². The smallest absolute Gasteiger partial charge is 0.187 e. The van der Waals surface area contributed by atoms with Crippen molar-refractivity contribution in [1.82, 2.24) is 9.38 Å². The fraction of sp³-hybridized carbons (Fsp3) is 0.174. The number of nitrogens with zero attached hydrogens (tertiary/aromatic N) is 4. The van der Waals surface area contributed by atoms with Crippen LogP contribution in [0.3, 0.4) is 0 Å². The van der Waals surface area contributed by atoms with Crippen molar-refractivity contribution in [3.05, 3.63) is 83.0 Å². The van der Waals surface area contributed by atoms with Gasteiger partial charge in [0, 0.05) is 11.3 Å². The molecule has 2 aromatic carbocycles. The maximum Gasteiger partial charge on any atom is 0.187 e. The van der Waals surface area contributed by atoms with Crippen LogP contribution in [0, 0.1) is 27.7 Å². The molecule has 4 nitrogen and oxygen atoms in total. The fourth-order valence-electron chi connectivity index (χ4n) is 3.18. The molecule has 0 bridgehead atoms. The zero-order chi connectivity index (χ0) is 19.0. The lowest BCUT2D eigenvalue weighted by Gasteiger charge is -2.04. The van der Waals surface area contributed by atoms with Crippen molar-refractivity contribution in [3.8, 4) is 11.3 Å². The number of imidazole rings is 1. The number of aromatic nitrogens is 2. The van der Waals surface area contributed by atoms with Crippen molar-refractivity contribution >= 4 is 17.2 Å². The van der Waals surface area contributed by atoms with Gasteiger partial charge in [0.1, 0.15) is 11.3 Å². The van der Waals surface area contributed by atoms with Gasteiger partial charge in [-0.05, 0) is 57.0 Å². The normalized spacial score (nSPS) is 11.6. The molecule has 4 rings (SSSR count). The maximum absolute atomic E-state index is 4.83.